The van der Waals surface area contributed by atoms with Gasteiger partial charge in [-0.1, -0.05) is 22.0 Å². The van der Waals surface area contributed by atoms with Gasteiger partial charge in [0.15, 0.2) is 17.8 Å². The van der Waals surface area contributed by atoms with Crippen LogP contribution in [0.3, 0.4) is 0 Å². The third kappa shape index (κ3) is 4.65. The van der Waals surface area contributed by atoms with Crippen LogP contribution in [0, 0.1) is 0 Å². The summed E-state index contributed by atoms with van der Waals surface area (Å²) in [5, 5.41) is -2.34. The van der Waals surface area contributed by atoms with Crippen molar-refractivity contribution < 1.29 is 24.4 Å². The quantitative estimate of drug-likeness (QED) is 0.706. The molecule has 0 spiro atoms. The Morgan fingerprint density at radius 3 is 3.00 bits per heavy atom. The molecule has 1 atom stereocenters. The first-order valence-corrected chi connectivity index (χ1v) is 7.30. The van der Waals surface area contributed by atoms with Crippen molar-refractivity contribution in [2.75, 3.05) is 25.6 Å². The van der Waals surface area contributed by atoms with Gasteiger partial charge < -0.3 is 18.9 Å². The molecule has 5 heteroatoms. The van der Waals surface area contributed by atoms with Crippen molar-refractivity contribution in [3.05, 3.63) is 23.8 Å². The van der Waals surface area contributed by atoms with Crippen molar-refractivity contribution >= 4 is 15.9 Å². The zero-order chi connectivity index (χ0) is 17.8. The molecule has 1 unspecified atom stereocenters. The average Bonchev–Trinajstić information content (AvgIpc) is 2.53. The minimum Gasteiger partial charge on any atom is -0.493 e. The maximum atomic E-state index is 7.68. The van der Waals surface area contributed by atoms with Crippen molar-refractivity contribution in [1.29, 1.82) is 0 Å². The monoisotopic (exact) mass is 348 g/mol. The van der Waals surface area contributed by atoms with Crippen LogP contribution in [0.15, 0.2) is 18.2 Å². The smallest absolute Gasteiger partial charge is 0.161 e. The standard InChI is InChI=1S/C15H21BrO4/c1-17-14-10-12(5-6-13(14)18-9-7-16)11-20-15-4-2-3-8-19-15/h5-6,10,15H,2-4,7-9,11H2,1H3/i7D2,9D2. The molecule has 0 aromatic heterocycles. The Balaban J connectivity index is 2.04. The number of halogens is 1. The summed E-state index contributed by atoms with van der Waals surface area (Å²) < 4.78 is 51.8. The van der Waals surface area contributed by atoms with Gasteiger partial charge >= 0.3 is 0 Å². The number of rotatable bonds is 7. The van der Waals surface area contributed by atoms with Crippen LogP contribution in [0.25, 0.3) is 0 Å². The number of benzene rings is 1. The third-order valence-electron chi connectivity index (χ3n) is 3.00. The summed E-state index contributed by atoms with van der Waals surface area (Å²) in [6.07, 6.45) is 2.82. The molecule has 20 heavy (non-hydrogen) atoms. The summed E-state index contributed by atoms with van der Waals surface area (Å²) in [5.41, 5.74) is 0.829. The molecule has 1 aliphatic heterocycles. The number of ether oxygens (including phenoxy) is 4. The van der Waals surface area contributed by atoms with Gasteiger partial charge in [-0.3, -0.25) is 0 Å². The molecule has 0 amide bonds. The van der Waals surface area contributed by atoms with E-state index in [9.17, 15) is 0 Å². The third-order valence-corrected chi connectivity index (χ3v) is 3.16. The van der Waals surface area contributed by atoms with Crippen LogP contribution in [0.1, 0.15) is 30.3 Å². The van der Waals surface area contributed by atoms with Crippen LogP contribution in [-0.4, -0.2) is 31.8 Å². The van der Waals surface area contributed by atoms with E-state index >= 15 is 0 Å². The van der Waals surface area contributed by atoms with Gasteiger partial charge in [-0.2, -0.15) is 0 Å². The second-order valence-corrected chi connectivity index (χ2v) is 4.79. The molecule has 1 aromatic carbocycles. The fraction of sp³-hybridized carbons (Fsp3) is 0.600. The number of methoxy groups -OCH3 is 1. The molecular formula is C15H21BrO4. The Hall–Kier alpha value is -0.780. The highest BCUT2D eigenvalue weighted by molar-refractivity contribution is 9.09. The number of hydrogen-bond acceptors (Lipinski definition) is 4. The maximum absolute atomic E-state index is 7.68. The van der Waals surface area contributed by atoms with Crippen LogP contribution in [0.4, 0.5) is 0 Å². The highest BCUT2D eigenvalue weighted by Gasteiger charge is 2.14. The van der Waals surface area contributed by atoms with Gasteiger partial charge in [0.1, 0.15) is 0 Å². The van der Waals surface area contributed by atoms with Crippen LogP contribution < -0.4 is 9.47 Å². The normalized spacial score (nSPS) is 23.2. The van der Waals surface area contributed by atoms with E-state index < -0.39 is 11.8 Å². The van der Waals surface area contributed by atoms with E-state index in [0.717, 1.165) is 24.8 Å². The molecule has 0 saturated carbocycles. The lowest BCUT2D eigenvalue weighted by atomic mass is 10.2. The molecule has 112 valence electrons. The first-order chi connectivity index (χ1) is 11.2. The SMILES string of the molecule is [2H]C([2H])(Br)C([2H])([2H])Oc1ccc(COC2CCCCO2)cc1OC. The molecule has 0 bridgehead atoms. The van der Waals surface area contributed by atoms with E-state index in [4.69, 9.17) is 24.4 Å². The number of hydrogen-bond donors (Lipinski definition) is 0. The Labute approximate surface area is 134 Å². The predicted molar refractivity (Wildman–Crippen MR) is 80.7 cm³/mol. The highest BCUT2D eigenvalue weighted by Crippen LogP contribution is 2.28. The van der Waals surface area contributed by atoms with E-state index in [1.807, 2.05) is 0 Å². The van der Waals surface area contributed by atoms with Crippen molar-refractivity contribution in [3.63, 3.8) is 0 Å². The maximum Gasteiger partial charge on any atom is 0.161 e. The van der Waals surface area contributed by atoms with Crippen LogP contribution in [-0.2, 0) is 16.1 Å². The van der Waals surface area contributed by atoms with Crippen LogP contribution in [0.2, 0.25) is 0 Å². The van der Waals surface area contributed by atoms with Crippen molar-refractivity contribution in [2.45, 2.75) is 32.2 Å². The summed E-state index contributed by atoms with van der Waals surface area (Å²) in [6.45, 7) is -1.51. The molecule has 0 radical (unpaired) electrons. The van der Waals surface area contributed by atoms with Crippen molar-refractivity contribution in [3.8, 4) is 11.5 Å². The van der Waals surface area contributed by atoms with E-state index in [1.165, 1.54) is 13.2 Å². The number of alkyl halides is 1. The van der Waals surface area contributed by atoms with E-state index in [2.05, 4.69) is 15.9 Å². The first-order valence-electron chi connectivity index (χ1n) is 8.51. The lowest BCUT2D eigenvalue weighted by Crippen LogP contribution is -2.22. The fourth-order valence-electron chi connectivity index (χ4n) is 1.99. The van der Waals surface area contributed by atoms with Gasteiger partial charge in [0, 0.05) is 14.6 Å². The molecule has 1 heterocycles. The van der Waals surface area contributed by atoms with Crippen LogP contribution >= 0.6 is 15.9 Å². The zero-order valence-electron chi connectivity index (χ0n) is 15.4. The molecule has 1 fully saturated rings. The highest BCUT2D eigenvalue weighted by atomic mass is 79.9. The van der Waals surface area contributed by atoms with Gasteiger partial charge in [0.2, 0.25) is 0 Å². The molecule has 1 aromatic rings. The summed E-state index contributed by atoms with van der Waals surface area (Å²) in [4.78, 5) is 0. The van der Waals surface area contributed by atoms with E-state index in [1.54, 1.807) is 12.1 Å². The Morgan fingerprint density at radius 2 is 2.30 bits per heavy atom. The molecule has 0 aliphatic carbocycles. The Bertz CT molecular complexity index is 545. The van der Waals surface area contributed by atoms with Gasteiger partial charge in [0.25, 0.3) is 0 Å². The van der Waals surface area contributed by atoms with Gasteiger partial charge in [-0.15, -0.1) is 0 Å². The van der Waals surface area contributed by atoms with E-state index in [0.29, 0.717) is 19.0 Å². The molecule has 1 saturated heterocycles. The van der Waals surface area contributed by atoms with Crippen molar-refractivity contribution in [1.82, 2.24) is 0 Å². The summed E-state index contributed by atoms with van der Waals surface area (Å²) in [5.74, 6) is 0.421. The zero-order valence-corrected chi connectivity index (χ0v) is 12.9. The summed E-state index contributed by atoms with van der Waals surface area (Å²) >= 11 is 2.65. The average molecular weight is 349 g/mol. The lowest BCUT2D eigenvalue weighted by molar-refractivity contribution is -0.168. The molecule has 0 N–H and O–H groups in total. The van der Waals surface area contributed by atoms with Gasteiger partial charge in [-0.25, -0.2) is 0 Å². The van der Waals surface area contributed by atoms with Gasteiger partial charge in [0.05, 0.1) is 23.0 Å². The second kappa shape index (κ2) is 8.49. The molecule has 2 rings (SSSR count). The van der Waals surface area contributed by atoms with Crippen LogP contribution in [0.5, 0.6) is 11.5 Å². The van der Waals surface area contributed by atoms with E-state index in [-0.39, 0.29) is 12.0 Å². The Kier molecular flexibility index (Phi) is 4.62. The molecular weight excluding hydrogens is 324 g/mol. The molecule has 4 nitrogen and oxygen atoms in total. The van der Waals surface area contributed by atoms with Gasteiger partial charge in [-0.05, 0) is 37.0 Å². The minimum atomic E-state index is -2.56. The van der Waals surface area contributed by atoms with Crippen molar-refractivity contribution in [2.24, 2.45) is 0 Å². The largest absolute Gasteiger partial charge is 0.493 e. The Morgan fingerprint density at radius 1 is 1.40 bits per heavy atom. The summed E-state index contributed by atoms with van der Waals surface area (Å²) in [6, 6.07) is 4.94. The topological polar surface area (TPSA) is 36.9 Å². The first kappa shape index (κ1) is 10.9. The predicted octanol–water partition coefficient (Wildman–Crippen LogP) is 3.51. The summed E-state index contributed by atoms with van der Waals surface area (Å²) in [7, 11) is 1.44. The second-order valence-electron chi connectivity index (χ2n) is 4.39. The minimum absolute atomic E-state index is 0.114. The molecule has 1 aliphatic rings. The lowest BCUT2D eigenvalue weighted by Gasteiger charge is -2.22. The fourth-order valence-corrected chi connectivity index (χ4v) is 2.07.